The van der Waals surface area contributed by atoms with Crippen LogP contribution < -0.4 is 5.32 Å². The molecule has 0 saturated carbocycles. The Bertz CT molecular complexity index is 315. The Balaban J connectivity index is 1.94. The SMILES string of the molecule is O=Cc1ccc(CC2COCCN2)cc1. The average Bonchev–Trinajstić information content (AvgIpc) is 2.31. The molecule has 15 heavy (non-hydrogen) atoms. The van der Waals surface area contributed by atoms with Gasteiger partial charge in [0, 0.05) is 18.2 Å². The number of nitrogens with one attached hydrogen (secondary N) is 1. The molecule has 2 rings (SSSR count). The molecule has 1 aromatic rings. The minimum atomic E-state index is 0.404. The number of carbonyl (C=O) groups is 1. The van der Waals surface area contributed by atoms with Crippen LogP contribution >= 0.6 is 0 Å². The highest BCUT2D eigenvalue weighted by atomic mass is 16.5. The van der Waals surface area contributed by atoms with Crippen LogP contribution in [0.5, 0.6) is 0 Å². The third-order valence-corrected chi connectivity index (χ3v) is 2.60. The lowest BCUT2D eigenvalue weighted by Crippen LogP contribution is -2.42. The van der Waals surface area contributed by atoms with Crippen molar-refractivity contribution >= 4 is 6.29 Å². The fourth-order valence-corrected chi connectivity index (χ4v) is 1.77. The van der Waals surface area contributed by atoms with Crippen LogP contribution in [0, 0.1) is 0 Å². The summed E-state index contributed by atoms with van der Waals surface area (Å²) in [5.74, 6) is 0. The van der Waals surface area contributed by atoms with E-state index in [-0.39, 0.29) is 0 Å². The molecule has 1 heterocycles. The number of carbonyl (C=O) groups excluding carboxylic acids is 1. The Morgan fingerprint density at radius 1 is 1.40 bits per heavy atom. The van der Waals surface area contributed by atoms with Gasteiger partial charge >= 0.3 is 0 Å². The van der Waals surface area contributed by atoms with Crippen LogP contribution in [-0.2, 0) is 11.2 Å². The van der Waals surface area contributed by atoms with E-state index in [1.165, 1.54) is 5.56 Å². The van der Waals surface area contributed by atoms with Crippen molar-refractivity contribution in [3.05, 3.63) is 35.4 Å². The van der Waals surface area contributed by atoms with Crippen LogP contribution in [0.4, 0.5) is 0 Å². The number of aldehydes is 1. The topological polar surface area (TPSA) is 38.3 Å². The lowest BCUT2D eigenvalue weighted by molar-refractivity contribution is 0.0770. The maximum absolute atomic E-state index is 10.5. The van der Waals surface area contributed by atoms with Crippen LogP contribution in [-0.4, -0.2) is 32.1 Å². The molecule has 1 atom stereocenters. The highest BCUT2D eigenvalue weighted by Gasteiger charge is 2.12. The summed E-state index contributed by atoms with van der Waals surface area (Å²) in [7, 11) is 0. The summed E-state index contributed by atoms with van der Waals surface area (Å²) in [6.45, 7) is 2.51. The molecule has 0 aromatic heterocycles. The van der Waals surface area contributed by atoms with Gasteiger partial charge in [-0.2, -0.15) is 0 Å². The maximum Gasteiger partial charge on any atom is 0.150 e. The minimum Gasteiger partial charge on any atom is -0.379 e. The standard InChI is InChI=1S/C12H15NO2/c14-8-11-3-1-10(2-4-11)7-12-9-15-6-5-13-12/h1-4,8,12-13H,5-7,9H2. The highest BCUT2D eigenvalue weighted by molar-refractivity contribution is 5.74. The first-order valence-electron chi connectivity index (χ1n) is 5.24. The van der Waals surface area contributed by atoms with Gasteiger partial charge in [0.25, 0.3) is 0 Å². The molecular weight excluding hydrogens is 190 g/mol. The van der Waals surface area contributed by atoms with Crippen molar-refractivity contribution in [2.24, 2.45) is 0 Å². The molecule has 1 fully saturated rings. The summed E-state index contributed by atoms with van der Waals surface area (Å²) in [5.41, 5.74) is 1.97. The van der Waals surface area contributed by atoms with Gasteiger partial charge in [-0.3, -0.25) is 4.79 Å². The molecule has 1 aliphatic rings. The second-order valence-electron chi connectivity index (χ2n) is 3.79. The Morgan fingerprint density at radius 2 is 2.20 bits per heavy atom. The Morgan fingerprint density at radius 3 is 2.80 bits per heavy atom. The molecule has 1 unspecified atom stereocenters. The first-order chi connectivity index (χ1) is 7.38. The molecule has 0 amide bonds. The molecule has 1 N–H and O–H groups in total. The van der Waals surface area contributed by atoms with Gasteiger partial charge in [0.15, 0.2) is 0 Å². The molecule has 80 valence electrons. The third-order valence-electron chi connectivity index (χ3n) is 2.60. The molecule has 1 aromatic carbocycles. The first kappa shape index (κ1) is 10.3. The van der Waals surface area contributed by atoms with E-state index in [9.17, 15) is 4.79 Å². The van der Waals surface area contributed by atoms with Crippen LogP contribution in [0.25, 0.3) is 0 Å². The zero-order valence-electron chi connectivity index (χ0n) is 8.61. The van der Waals surface area contributed by atoms with Crippen molar-refractivity contribution in [3.8, 4) is 0 Å². The van der Waals surface area contributed by atoms with Gasteiger partial charge in [0.05, 0.1) is 13.2 Å². The van der Waals surface area contributed by atoms with E-state index >= 15 is 0 Å². The maximum atomic E-state index is 10.5. The smallest absolute Gasteiger partial charge is 0.150 e. The number of hydrogen-bond donors (Lipinski definition) is 1. The zero-order valence-corrected chi connectivity index (χ0v) is 8.61. The van der Waals surface area contributed by atoms with Gasteiger partial charge in [0.1, 0.15) is 6.29 Å². The van der Waals surface area contributed by atoms with E-state index in [2.05, 4.69) is 5.32 Å². The Labute approximate surface area is 89.4 Å². The summed E-state index contributed by atoms with van der Waals surface area (Å²) in [6, 6.07) is 8.11. The molecule has 0 radical (unpaired) electrons. The molecular formula is C12H15NO2. The van der Waals surface area contributed by atoms with Gasteiger partial charge in [0.2, 0.25) is 0 Å². The molecule has 1 saturated heterocycles. The summed E-state index contributed by atoms with van der Waals surface area (Å²) in [6.07, 6.45) is 1.82. The van der Waals surface area contributed by atoms with E-state index in [1.54, 1.807) is 0 Å². The number of ether oxygens (including phenoxy) is 1. The average molecular weight is 205 g/mol. The summed E-state index contributed by atoms with van der Waals surface area (Å²) < 4.78 is 5.38. The van der Waals surface area contributed by atoms with E-state index in [0.717, 1.165) is 38.0 Å². The number of benzene rings is 1. The summed E-state index contributed by atoms with van der Waals surface area (Å²) in [5, 5.41) is 3.40. The van der Waals surface area contributed by atoms with Crippen molar-refractivity contribution in [3.63, 3.8) is 0 Å². The van der Waals surface area contributed by atoms with Crippen molar-refractivity contribution in [2.75, 3.05) is 19.8 Å². The normalized spacial score (nSPS) is 21.2. The molecule has 0 spiro atoms. The quantitative estimate of drug-likeness (QED) is 0.749. The van der Waals surface area contributed by atoms with Crippen LogP contribution in [0.2, 0.25) is 0 Å². The van der Waals surface area contributed by atoms with Crippen molar-refractivity contribution in [1.82, 2.24) is 5.32 Å². The van der Waals surface area contributed by atoms with E-state index in [1.807, 2.05) is 24.3 Å². The zero-order chi connectivity index (χ0) is 10.5. The van der Waals surface area contributed by atoms with E-state index < -0.39 is 0 Å². The summed E-state index contributed by atoms with van der Waals surface area (Å²) in [4.78, 5) is 10.5. The second-order valence-corrected chi connectivity index (χ2v) is 3.79. The van der Waals surface area contributed by atoms with Gasteiger partial charge in [-0.1, -0.05) is 24.3 Å². The minimum absolute atomic E-state index is 0.404. The first-order valence-corrected chi connectivity index (χ1v) is 5.24. The third kappa shape index (κ3) is 2.88. The molecule has 0 bridgehead atoms. The highest BCUT2D eigenvalue weighted by Crippen LogP contribution is 2.07. The second kappa shape index (κ2) is 5.05. The number of rotatable bonds is 3. The van der Waals surface area contributed by atoms with Gasteiger partial charge in [-0.05, 0) is 12.0 Å². The van der Waals surface area contributed by atoms with E-state index in [4.69, 9.17) is 4.74 Å². The monoisotopic (exact) mass is 205 g/mol. The van der Waals surface area contributed by atoms with Crippen molar-refractivity contribution in [1.29, 1.82) is 0 Å². The fraction of sp³-hybridized carbons (Fsp3) is 0.417. The van der Waals surface area contributed by atoms with Gasteiger partial charge in [-0.25, -0.2) is 0 Å². The van der Waals surface area contributed by atoms with Gasteiger partial charge < -0.3 is 10.1 Å². The van der Waals surface area contributed by atoms with Crippen molar-refractivity contribution < 1.29 is 9.53 Å². The van der Waals surface area contributed by atoms with E-state index in [0.29, 0.717) is 6.04 Å². The van der Waals surface area contributed by atoms with Gasteiger partial charge in [-0.15, -0.1) is 0 Å². The number of hydrogen-bond acceptors (Lipinski definition) is 3. The van der Waals surface area contributed by atoms with Crippen LogP contribution in [0.15, 0.2) is 24.3 Å². The molecule has 3 nitrogen and oxygen atoms in total. The lowest BCUT2D eigenvalue weighted by atomic mass is 10.0. The number of morpholine rings is 1. The predicted octanol–water partition coefficient (Wildman–Crippen LogP) is 1.03. The summed E-state index contributed by atoms with van der Waals surface area (Å²) >= 11 is 0. The Kier molecular flexibility index (Phi) is 3.48. The predicted molar refractivity (Wildman–Crippen MR) is 58.1 cm³/mol. The fourth-order valence-electron chi connectivity index (χ4n) is 1.77. The molecule has 3 heteroatoms. The van der Waals surface area contributed by atoms with Crippen LogP contribution in [0.3, 0.4) is 0 Å². The van der Waals surface area contributed by atoms with Crippen LogP contribution in [0.1, 0.15) is 15.9 Å². The molecule has 0 aliphatic carbocycles. The lowest BCUT2D eigenvalue weighted by Gasteiger charge is -2.23. The Hall–Kier alpha value is -1.19. The molecule has 1 aliphatic heterocycles. The van der Waals surface area contributed by atoms with Crippen molar-refractivity contribution in [2.45, 2.75) is 12.5 Å². The largest absolute Gasteiger partial charge is 0.379 e.